The molecule has 1 aromatic heterocycles. The van der Waals surface area contributed by atoms with E-state index in [0.717, 1.165) is 25.7 Å². The largest absolute Gasteiger partial charge is 0.481 e. The molecule has 0 atom stereocenters. The van der Waals surface area contributed by atoms with Gasteiger partial charge in [-0.3, -0.25) is 4.79 Å². The van der Waals surface area contributed by atoms with E-state index in [0.29, 0.717) is 5.92 Å². The summed E-state index contributed by atoms with van der Waals surface area (Å²) in [5.74, 6) is -0.197. The number of nitrogens with one attached hydrogen (secondary N) is 1. The Labute approximate surface area is 83.1 Å². The molecule has 1 aliphatic rings. The van der Waals surface area contributed by atoms with E-state index < -0.39 is 5.97 Å². The molecule has 3 nitrogen and oxygen atoms in total. The van der Waals surface area contributed by atoms with E-state index in [-0.39, 0.29) is 5.92 Å². The zero-order valence-corrected chi connectivity index (χ0v) is 8.07. The number of aromatic nitrogens is 1. The summed E-state index contributed by atoms with van der Waals surface area (Å²) in [6.45, 7) is 0. The van der Waals surface area contributed by atoms with Crippen LogP contribution in [0.1, 0.15) is 37.3 Å². The maximum Gasteiger partial charge on any atom is 0.306 e. The van der Waals surface area contributed by atoms with Crippen LogP contribution in [-0.2, 0) is 4.79 Å². The molecule has 1 fully saturated rings. The van der Waals surface area contributed by atoms with Gasteiger partial charge in [-0.05, 0) is 43.7 Å². The Kier molecular flexibility index (Phi) is 2.57. The Bertz CT molecular complexity index is 297. The number of hydrogen-bond acceptors (Lipinski definition) is 1. The quantitative estimate of drug-likeness (QED) is 0.757. The Morgan fingerprint density at radius 1 is 1.36 bits per heavy atom. The number of rotatable bonds is 2. The molecule has 0 aliphatic heterocycles. The summed E-state index contributed by atoms with van der Waals surface area (Å²) in [7, 11) is 0. The highest BCUT2D eigenvalue weighted by molar-refractivity contribution is 5.70. The van der Waals surface area contributed by atoms with Crippen LogP contribution in [0.3, 0.4) is 0 Å². The van der Waals surface area contributed by atoms with Gasteiger partial charge in [-0.1, -0.05) is 0 Å². The third-order valence-electron chi connectivity index (χ3n) is 3.14. The zero-order valence-electron chi connectivity index (χ0n) is 8.07. The first-order valence-electron chi connectivity index (χ1n) is 5.13. The highest BCUT2D eigenvalue weighted by atomic mass is 16.4. The average molecular weight is 193 g/mol. The number of hydrogen-bond donors (Lipinski definition) is 2. The minimum Gasteiger partial charge on any atom is -0.481 e. The van der Waals surface area contributed by atoms with E-state index in [2.05, 4.69) is 11.1 Å². The summed E-state index contributed by atoms with van der Waals surface area (Å²) in [4.78, 5) is 13.9. The molecule has 14 heavy (non-hydrogen) atoms. The first kappa shape index (κ1) is 9.31. The summed E-state index contributed by atoms with van der Waals surface area (Å²) >= 11 is 0. The highest BCUT2D eigenvalue weighted by Gasteiger charge is 2.26. The first-order chi connectivity index (χ1) is 6.77. The molecule has 0 saturated heterocycles. The van der Waals surface area contributed by atoms with Crippen molar-refractivity contribution in [3.05, 3.63) is 24.0 Å². The molecule has 0 bridgehead atoms. The molecular formula is C11H15NO2. The number of carboxylic acids is 1. The predicted molar refractivity (Wildman–Crippen MR) is 53.1 cm³/mol. The molecule has 3 heteroatoms. The van der Waals surface area contributed by atoms with Crippen molar-refractivity contribution in [3.8, 4) is 0 Å². The molecule has 76 valence electrons. The van der Waals surface area contributed by atoms with Gasteiger partial charge in [-0.25, -0.2) is 0 Å². The summed E-state index contributed by atoms with van der Waals surface area (Å²) in [6.07, 6.45) is 5.56. The molecule has 1 aliphatic carbocycles. The summed E-state index contributed by atoms with van der Waals surface area (Å²) < 4.78 is 0. The van der Waals surface area contributed by atoms with Crippen molar-refractivity contribution in [2.24, 2.45) is 5.92 Å². The number of carboxylic acid groups (broad SMARTS) is 1. The maximum atomic E-state index is 10.7. The van der Waals surface area contributed by atoms with Gasteiger partial charge in [0.05, 0.1) is 5.92 Å². The number of carbonyl (C=O) groups is 1. The Hall–Kier alpha value is -1.25. The standard InChI is InChI=1S/C11H15NO2/c13-11(14)9-5-3-8(4-6-9)10-2-1-7-12-10/h1-2,7-9,12H,3-6H2,(H,13,14). The van der Waals surface area contributed by atoms with E-state index in [1.807, 2.05) is 12.3 Å². The van der Waals surface area contributed by atoms with Crippen molar-refractivity contribution in [2.45, 2.75) is 31.6 Å². The minimum atomic E-state index is -0.630. The van der Waals surface area contributed by atoms with Gasteiger partial charge in [0.2, 0.25) is 0 Å². The molecule has 0 amide bonds. The van der Waals surface area contributed by atoms with Gasteiger partial charge in [0.15, 0.2) is 0 Å². The van der Waals surface area contributed by atoms with Crippen molar-refractivity contribution in [3.63, 3.8) is 0 Å². The molecule has 1 saturated carbocycles. The molecule has 2 rings (SSSR count). The van der Waals surface area contributed by atoms with Crippen LogP contribution < -0.4 is 0 Å². The summed E-state index contributed by atoms with van der Waals surface area (Å²) in [5.41, 5.74) is 1.26. The molecule has 0 radical (unpaired) electrons. The van der Waals surface area contributed by atoms with E-state index in [1.54, 1.807) is 0 Å². The van der Waals surface area contributed by atoms with Crippen LogP contribution in [0.25, 0.3) is 0 Å². The average Bonchev–Trinajstić information content (AvgIpc) is 2.71. The Balaban J connectivity index is 1.93. The lowest BCUT2D eigenvalue weighted by Crippen LogP contribution is -2.20. The van der Waals surface area contributed by atoms with Crippen LogP contribution in [-0.4, -0.2) is 16.1 Å². The van der Waals surface area contributed by atoms with Crippen LogP contribution in [0.5, 0.6) is 0 Å². The van der Waals surface area contributed by atoms with Crippen LogP contribution in [0.15, 0.2) is 18.3 Å². The smallest absolute Gasteiger partial charge is 0.306 e. The lowest BCUT2D eigenvalue weighted by atomic mass is 9.81. The van der Waals surface area contributed by atoms with E-state index in [9.17, 15) is 4.79 Å². The third kappa shape index (κ3) is 1.81. The lowest BCUT2D eigenvalue weighted by Gasteiger charge is -2.25. The fourth-order valence-electron chi connectivity index (χ4n) is 2.25. The first-order valence-corrected chi connectivity index (χ1v) is 5.13. The van der Waals surface area contributed by atoms with E-state index >= 15 is 0 Å². The van der Waals surface area contributed by atoms with Crippen LogP contribution in [0.2, 0.25) is 0 Å². The van der Waals surface area contributed by atoms with Crippen molar-refractivity contribution in [2.75, 3.05) is 0 Å². The van der Waals surface area contributed by atoms with Gasteiger partial charge in [-0.2, -0.15) is 0 Å². The van der Waals surface area contributed by atoms with Crippen LogP contribution >= 0.6 is 0 Å². The topological polar surface area (TPSA) is 53.1 Å². The van der Waals surface area contributed by atoms with E-state index in [4.69, 9.17) is 5.11 Å². The maximum absolute atomic E-state index is 10.7. The molecule has 0 aromatic carbocycles. The van der Waals surface area contributed by atoms with E-state index in [1.165, 1.54) is 5.69 Å². The molecule has 1 heterocycles. The fraction of sp³-hybridized carbons (Fsp3) is 0.545. The van der Waals surface area contributed by atoms with Gasteiger partial charge in [-0.15, -0.1) is 0 Å². The fourth-order valence-corrected chi connectivity index (χ4v) is 2.25. The minimum absolute atomic E-state index is 0.110. The predicted octanol–water partition coefficient (Wildman–Crippen LogP) is 2.37. The van der Waals surface area contributed by atoms with Crippen molar-refractivity contribution in [1.29, 1.82) is 0 Å². The van der Waals surface area contributed by atoms with Crippen LogP contribution in [0, 0.1) is 5.92 Å². The number of H-pyrrole nitrogens is 1. The molecule has 1 aromatic rings. The molecule has 0 unspecified atom stereocenters. The molecular weight excluding hydrogens is 178 g/mol. The van der Waals surface area contributed by atoms with Crippen molar-refractivity contribution in [1.82, 2.24) is 4.98 Å². The van der Waals surface area contributed by atoms with Gasteiger partial charge < -0.3 is 10.1 Å². The van der Waals surface area contributed by atoms with Gasteiger partial charge in [0.25, 0.3) is 0 Å². The second kappa shape index (κ2) is 3.86. The Morgan fingerprint density at radius 2 is 2.07 bits per heavy atom. The van der Waals surface area contributed by atoms with Gasteiger partial charge in [0.1, 0.15) is 0 Å². The molecule has 0 spiro atoms. The normalized spacial score (nSPS) is 27.4. The van der Waals surface area contributed by atoms with Crippen molar-refractivity contribution >= 4 is 5.97 Å². The third-order valence-corrected chi connectivity index (χ3v) is 3.14. The van der Waals surface area contributed by atoms with Crippen molar-refractivity contribution < 1.29 is 9.90 Å². The summed E-state index contributed by atoms with van der Waals surface area (Å²) in [5, 5.41) is 8.85. The SMILES string of the molecule is O=C(O)C1CCC(c2ccc[nH]2)CC1. The second-order valence-electron chi connectivity index (χ2n) is 4.01. The second-order valence-corrected chi connectivity index (χ2v) is 4.01. The van der Waals surface area contributed by atoms with Gasteiger partial charge >= 0.3 is 5.97 Å². The highest BCUT2D eigenvalue weighted by Crippen LogP contribution is 2.34. The Morgan fingerprint density at radius 3 is 2.57 bits per heavy atom. The van der Waals surface area contributed by atoms with Gasteiger partial charge in [0, 0.05) is 11.9 Å². The van der Waals surface area contributed by atoms with Crippen LogP contribution in [0.4, 0.5) is 0 Å². The monoisotopic (exact) mass is 193 g/mol. The number of aromatic amines is 1. The zero-order chi connectivity index (χ0) is 9.97. The number of aliphatic carboxylic acids is 1. The summed E-state index contributed by atoms with van der Waals surface area (Å²) in [6, 6.07) is 4.09. The molecule has 2 N–H and O–H groups in total. The lowest BCUT2D eigenvalue weighted by molar-refractivity contribution is -0.142.